The van der Waals surface area contributed by atoms with E-state index >= 15 is 0 Å². The second kappa shape index (κ2) is 5.87. The van der Waals surface area contributed by atoms with E-state index in [1.807, 2.05) is 19.1 Å². The van der Waals surface area contributed by atoms with Crippen LogP contribution in [0.3, 0.4) is 0 Å². The molecular weight excluding hydrogens is 306 g/mol. The summed E-state index contributed by atoms with van der Waals surface area (Å²) in [4.78, 5) is 30.3. The number of rotatable bonds is 3. The summed E-state index contributed by atoms with van der Waals surface area (Å²) < 4.78 is 0. The zero-order valence-electron chi connectivity index (χ0n) is 11.3. The molecule has 1 aliphatic rings. The number of carbonyl (C=O) groups is 2. The first kappa shape index (κ1) is 14.1. The Morgan fingerprint density at radius 2 is 2.10 bits per heavy atom. The van der Waals surface area contributed by atoms with E-state index in [0.29, 0.717) is 11.3 Å². The monoisotopic (exact) mass is 319 g/mol. The minimum atomic E-state index is -0.300. The van der Waals surface area contributed by atoms with Crippen LogP contribution in [0, 0.1) is 6.92 Å². The molecular formula is C14H13N3O2S2. The minimum absolute atomic E-state index is 0.0848. The van der Waals surface area contributed by atoms with E-state index < -0.39 is 0 Å². The molecule has 1 aliphatic heterocycles. The van der Waals surface area contributed by atoms with Crippen molar-refractivity contribution in [1.29, 1.82) is 0 Å². The maximum absolute atomic E-state index is 12.2. The Morgan fingerprint density at radius 1 is 1.33 bits per heavy atom. The lowest BCUT2D eigenvalue weighted by Crippen LogP contribution is -2.44. The van der Waals surface area contributed by atoms with E-state index in [9.17, 15) is 9.59 Å². The summed E-state index contributed by atoms with van der Waals surface area (Å²) in [6, 6.07) is 7.26. The number of hydrogen-bond donors (Lipinski definition) is 1. The summed E-state index contributed by atoms with van der Waals surface area (Å²) in [5, 5.41) is 1.28. The van der Waals surface area contributed by atoms with Gasteiger partial charge in [0.15, 0.2) is 0 Å². The fourth-order valence-electron chi connectivity index (χ4n) is 2.02. The highest BCUT2D eigenvalue weighted by molar-refractivity contribution is 8.00. The SMILES string of the molecule is Cc1ccc([C@@H]2SCC(=O)N2NC(=O)c2ccncc2)s1. The van der Waals surface area contributed by atoms with Crippen LogP contribution in [0.15, 0.2) is 36.7 Å². The van der Waals surface area contributed by atoms with Crippen molar-refractivity contribution in [3.8, 4) is 0 Å². The third-order valence-electron chi connectivity index (χ3n) is 3.04. The number of aryl methyl sites for hydroxylation is 1. The minimum Gasteiger partial charge on any atom is -0.272 e. The molecule has 0 radical (unpaired) electrons. The van der Waals surface area contributed by atoms with Crippen LogP contribution < -0.4 is 5.43 Å². The molecule has 1 N–H and O–H groups in total. The Kier molecular flexibility index (Phi) is 3.94. The summed E-state index contributed by atoms with van der Waals surface area (Å²) in [7, 11) is 0. The van der Waals surface area contributed by atoms with Gasteiger partial charge in [0.25, 0.3) is 11.8 Å². The highest BCUT2D eigenvalue weighted by Crippen LogP contribution is 2.40. The van der Waals surface area contributed by atoms with Gasteiger partial charge in [0.1, 0.15) is 5.37 Å². The largest absolute Gasteiger partial charge is 0.272 e. The highest BCUT2D eigenvalue weighted by Gasteiger charge is 2.35. The molecule has 1 atom stereocenters. The number of aromatic nitrogens is 1. The lowest BCUT2D eigenvalue weighted by Gasteiger charge is -2.23. The van der Waals surface area contributed by atoms with E-state index in [4.69, 9.17) is 0 Å². The van der Waals surface area contributed by atoms with Gasteiger partial charge < -0.3 is 0 Å². The smallest absolute Gasteiger partial charge is 0.270 e. The van der Waals surface area contributed by atoms with Crippen molar-refractivity contribution in [2.75, 3.05) is 5.75 Å². The van der Waals surface area contributed by atoms with Crippen molar-refractivity contribution < 1.29 is 9.59 Å². The average Bonchev–Trinajstić information content (AvgIpc) is 3.07. The van der Waals surface area contributed by atoms with Crippen LogP contribution in [0.5, 0.6) is 0 Å². The predicted molar refractivity (Wildman–Crippen MR) is 82.8 cm³/mol. The lowest BCUT2D eigenvalue weighted by molar-refractivity contribution is -0.130. The van der Waals surface area contributed by atoms with Crippen LogP contribution in [-0.4, -0.2) is 27.6 Å². The summed E-state index contributed by atoms with van der Waals surface area (Å²) in [5.41, 5.74) is 3.19. The maximum Gasteiger partial charge on any atom is 0.270 e. The molecule has 0 aliphatic carbocycles. The Morgan fingerprint density at radius 3 is 2.76 bits per heavy atom. The Labute approximate surface area is 130 Å². The number of carbonyl (C=O) groups excluding carboxylic acids is 2. The standard InChI is InChI=1S/C14H13N3O2S2/c1-9-2-3-11(21-9)14-17(12(18)8-20-14)16-13(19)10-4-6-15-7-5-10/h2-7,14H,8H2,1H3,(H,16,19)/t14-/m0/s1. The lowest BCUT2D eigenvalue weighted by atomic mass is 10.2. The molecule has 1 saturated heterocycles. The number of nitrogens with one attached hydrogen (secondary N) is 1. The van der Waals surface area contributed by atoms with E-state index in [0.717, 1.165) is 4.88 Å². The molecule has 1 fully saturated rings. The highest BCUT2D eigenvalue weighted by atomic mass is 32.2. The fourth-order valence-corrected chi connectivity index (χ4v) is 4.22. The number of pyridine rings is 1. The molecule has 2 aromatic heterocycles. The molecule has 3 rings (SSSR count). The number of hydrazine groups is 1. The summed E-state index contributed by atoms with van der Waals surface area (Å²) >= 11 is 3.16. The number of thiophene rings is 1. The van der Waals surface area contributed by atoms with Crippen LogP contribution in [0.1, 0.15) is 25.5 Å². The first-order valence-electron chi connectivity index (χ1n) is 6.36. The molecule has 5 nitrogen and oxygen atoms in total. The van der Waals surface area contributed by atoms with Gasteiger partial charge in [0, 0.05) is 27.7 Å². The van der Waals surface area contributed by atoms with Crippen molar-refractivity contribution in [3.05, 3.63) is 52.0 Å². The van der Waals surface area contributed by atoms with Crippen LogP contribution in [0.2, 0.25) is 0 Å². The molecule has 0 aromatic carbocycles. The molecule has 0 unspecified atom stereocenters. The number of amides is 2. The van der Waals surface area contributed by atoms with Crippen LogP contribution in [0.4, 0.5) is 0 Å². The Hall–Kier alpha value is -1.86. The quantitative estimate of drug-likeness (QED) is 0.943. The van der Waals surface area contributed by atoms with Gasteiger partial charge >= 0.3 is 0 Å². The van der Waals surface area contributed by atoms with Crippen LogP contribution >= 0.6 is 23.1 Å². The molecule has 0 bridgehead atoms. The first-order valence-corrected chi connectivity index (χ1v) is 8.22. The van der Waals surface area contributed by atoms with Crippen LogP contribution in [-0.2, 0) is 4.79 Å². The molecule has 21 heavy (non-hydrogen) atoms. The second-order valence-electron chi connectivity index (χ2n) is 4.55. The third kappa shape index (κ3) is 2.93. The van der Waals surface area contributed by atoms with Gasteiger partial charge in [-0.3, -0.25) is 20.0 Å². The number of nitrogens with zero attached hydrogens (tertiary/aromatic N) is 2. The van der Waals surface area contributed by atoms with Gasteiger partial charge in [0.2, 0.25) is 0 Å². The summed E-state index contributed by atoms with van der Waals surface area (Å²) in [6.07, 6.45) is 3.10. The van der Waals surface area contributed by atoms with Gasteiger partial charge in [-0.15, -0.1) is 23.1 Å². The maximum atomic E-state index is 12.2. The van der Waals surface area contributed by atoms with Gasteiger partial charge in [-0.1, -0.05) is 0 Å². The van der Waals surface area contributed by atoms with Crippen molar-refractivity contribution >= 4 is 34.9 Å². The second-order valence-corrected chi connectivity index (χ2v) is 6.94. The van der Waals surface area contributed by atoms with Gasteiger partial charge in [-0.05, 0) is 31.2 Å². The zero-order chi connectivity index (χ0) is 14.8. The zero-order valence-corrected chi connectivity index (χ0v) is 12.9. The van der Waals surface area contributed by atoms with Crippen molar-refractivity contribution in [2.45, 2.75) is 12.3 Å². The number of thioether (sulfide) groups is 1. The van der Waals surface area contributed by atoms with Crippen molar-refractivity contribution in [2.24, 2.45) is 0 Å². The van der Waals surface area contributed by atoms with E-state index in [1.54, 1.807) is 35.9 Å². The molecule has 0 saturated carbocycles. The third-order valence-corrected chi connectivity index (χ3v) is 5.43. The molecule has 2 amide bonds. The van der Waals surface area contributed by atoms with E-state index in [2.05, 4.69) is 10.4 Å². The topological polar surface area (TPSA) is 62.3 Å². The fraction of sp³-hybridized carbons (Fsp3) is 0.214. The van der Waals surface area contributed by atoms with Crippen LogP contribution in [0.25, 0.3) is 0 Å². The van der Waals surface area contributed by atoms with E-state index in [-0.39, 0.29) is 17.2 Å². The first-order chi connectivity index (χ1) is 10.1. The Bertz CT molecular complexity index is 672. The van der Waals surface area contributed by atoms with Gasteiger partial charge in [-0.2, -0.15) is 0 Å². The number of hydrogen-bond acceptors (Lipinski definition) is 5. The molecule has 7 heteroatoms. The predicted octanol–water partition coefficient (Wildman–Crippen LogP) is 2.37. The molecule has 3 heterocycles. The van der Waals surface area contributed by atoms with E-state index in [1.165, 1.54) is 21.6 Å². The summed E-state index contributed by atoms with van der Waals surface area (Å²) in [5.74, 6) is -0.0110. The van der Waals surface area contributed by atoms with Gasteiger partial charge in [-0.25, -0.2) is 5.01 Å². The normalized spacial score (nSPS) is 18.0. The average molecular weight is 319 g/mol. The molecule has 108 valence electrons. The molecule has 0 spiro atoms. The van der Waals surface area contributed by atoms with Crippen molar-refractivity contribution in [3.63, 3.8) is 0 Å². The van der Waals surface area contributed by atoms with Gasteiger partial charge in [0.05, 0.1) is 5.75 Å². The summed E-state index contributed by atoms with van der Waals surface area (Å²) in [6.45, 7) is 2.02. The Balaban J connectivity index is 1.79. The molecule has 2 aromatic rings. The van der Waals surface area contributed by atoms with Crippen molar-refractivity contribution in [1.82, 2.24) is 15.4 Å².